The first-order valence-corrected chi connectivity index (χ1v) is 6.87. The smallest absolute Gasteiger partial charge is 0.133 e. The van der Waals surface area contributed by atoms with Crippen LogP contribution in [0.2, 0.25) is 0 Å². The summed E-state index contributed by atoms with van der Waals surface area (Å²) >= 11 is 0. The third-order valence-corrected chi connectivity index (χ3v) is 3.34. The lowest BCUT2D eigenvalue weighted by atomic mass is 10.0. The van der Waals surface area contributed by atoms with Crippen LogP contribution in [0.25, 0.3) is 0 Å². The quantitative estimate of drug-likeness (QED) is 0.888. The van der Waals surface area contributed by atoms with Crippen molar-refractivity contribution < 1.29 is 13.2 Å². The molecule has 3 nitrogen and oxygen atoms in total. The minimum Gasteiger partial charge on any atom is -0.338 e. The zero-order valence-corrected chi connectivity index (χ0v) is 12.0. The van der Waals surface area contributed by atoms with Gasteiger partial charge in [0, 0.05) is 49.6 Å². The van der Waals surface area contributed by atoms with E-state index in [0.717, 1.165) is 6.42 Å². The molecule has 21 heavy (non-hydrogen) atoms. The third-order valence-electron chi connectivity index (χ3n) is 3.34. The van der Waals surface area contributed by atoms with E-state index in [1.54, 1.807) is 17.0 Å². The van der Waals surface area contributed by atoms with E-state index in [0.29, 0.717) is 30.9 Å². The molecule has 0 aliphatic heterocycles. The highest BCUT2D eigenvalue weighted by molar-refractivity contribution is 5.25. The molecule has 1 heterocycles. The van der Waals surface area contributed by atoms with Crippen molar-refractivity contribution in [1.82, 2.24) is 14.9 Å². The number of aryl methyl sites for hydroxylation is 1. The maximum Gasteiger partial charge on any atom is 0.133 e. The van der Waals surface area contributed by atoms with Crippen LogP contribution in [0.1, 0.15) is 30.8 Å². The molecule has 0 aliphatic rings. The molecule has 0 saturated heterocycles. The topological polar surface area (TPSA) is 29.9 Å². The number of benzene rings is 1. The zero-order chi connectivity index (χ0) is 15.4. The number of hydrogen-bond acceptors (Lipinski definition) is 2. The first-order chi connectivity index (χ1) is 10.0. The van der Waals surface area contributed by atoms with Crippen molar-refractivity contribution in [2.75, 3.05) is 6.54 Å². The molecule has 6 heteroatoms. The summed E-state index contributed by atoms with van der Waals surface area (Å²) in [5, 5.41) is 3.10. The van der Waals surface area contributed by atoms with Gasteiger partial charge in [-0.15, -0.1) is 0 Å². The number of rotatable bonds is 6. The van der Waals surface area contributed by atoms with Gasteiger partial charge in [-0.05, 0) is 13.0 Å². The maximum atomic E-state index is 14.0. The van der Waals surface area contributed by atoms with E-state index >= 15 is 0 Å². The van der Waals surface area contributed by atoms with Gasteiger partial charge in [-0.3, -0.25) is 0 Å². The number of halogens is 3. The minimum absolute atomic E-state index is 0.146. The third kappa shape index (κ3) is 3.64. The number of imidazole rings is 1. The molecule has 1 aromatic carbocycles. The second-order valence-electron chi connectivity index (χ2n) is 4.95. The van der Waals surface area contributed by atoms with E-state index in [1.165, 1.54) is 0 Å². The molecule has 114 valence electrons. The van der Waals surface area contributed by atoms with Crippen molar-refractivity contribution in [2.24, 2.45) is 7.05 Å². The molecule has 1 aromatic heterocycles. The maximum absolute atomic E-state index is 14.0. The second kappa shape index (κ2) is 6.76. The molecule has 0 amide bonds. The van der Waals surface area contributed by atoms with Crippen LogP contribution >= 0.6 is 0 Å². The SMILES string of the molecule is CCCNC(Cc1nccn1C)c1c(F)cc(F)cc1F. The van der Waals surface area contributed by atoms with E-state index in [4.69, 9.17) is 0 Å². The van der Waals surface area contributed by atoms with Gasteiger partial charge in [0.1, 0.15) is 23.3 Å². The lowest BCUT2D eigenvalue weighted by Gasteiger charge is -2.20. The summed E-state index contributed by atoms with van der Waals surface area (Å²) in [4.78, 5) is 4.17. The molecule has 0 saturated carbocycles. The van der Waals surface area contributed by atoms with Gasteiger partial charge in [-0.2, -0.15) is 0 Å². The molecular formula is C15H18F3N3. The Kier molecular flexibility index (Phi) is 5.01. The van der Waals surface area contributed by atoms with Gasteiger partial charge >= 0.3 is 0 Å². The molecule has 0 spiro atoms. The van der Waals surface area contributed by atoms with Crippen LogP contribution in [0.3, 0.4) is 0 Å². The van der Waals surface area contributed by atoms with Crippen molar-refractivity contribution in [2.45, 2.75) is 25.8 Å². The lowest BCUT2D eigenvalue weighted by Crippen LogP contribution is -2.27. The Morgan fingerprint density at radius 3 is 2.43 bits per heavy atom. The van der Waals surface area contributed by atoms with Crippen LogP contribution in [-0.2, 0) is 13.5 Å². The largest absolute Gasteiger partial charge is 0.338 e. The Hall–Kier alpha value is -1.82. The van der Waals surface area contributed by atoms with Crippen LogP contribution in [-0.4, -0.2) is 16.1 Å². The molecule has 0 bridgehead atoms. The second-order valence-corrected chi connectivity index (χ2v) is 4.95. The summed E-state index contributed by atoms with van der Waals surface area (Å²) in [6, 6.07) is 0.821. The first-order valence-electron chi connectivity index (χ1n) is 6.87. The van der Waals surface area contributed by atoms with Crippen molar-refractivity contribution >= 4 is 0 Å². The fourth-order valence-electron chi connectivity index (χ4n) is 2.26. The van der Waals surface area contributed by atoms with Gasteiger partial charge in [-0.1, -0.05) is 6.92 Å². The predicted molar refractivity (Wildman–Crippen MR) is 74.3 cm³/mol. The summed E-state index contributed by atoms with van der Waals surface area (Å²) in [7, 11) is 1.82. The average Bonchev–Trinajstić information content (AvgIpc) is 2.80. The Bertz CT molecular complexity index is 587. The molecule has 1 N–H and O–H groups in total. The van der Waals surface area contributed by atoms with Gasteiger partial charge in [0.15, 0.2) is 0 Å². The summed E-state index contributed by atoms with van der Waals surface area (Å²) < 4.78 is 42.8. The van der Waals surface area contributed by atoms with Crippen LogP contribution in [0.5, 0.6) is 0 Å². The van der Waals surface area contributed by atoms with Crippen LogP contribution in [0.4, 0.5) is 13.2 Å². The monoisotopic (exact) mass is 297 g/mol. The van der Waals surface area contributed by atoms with Gasteiger partial charge in [0.2, 0.25) is 0 Å². The molecule has 2 rings (SSSR count). The number of hydrogen-bond donors (Lipinski definition) is 1. The molecule has 2 aromatic rings. The normalized spacial score (nSPS) is 12.6. The molecule has 0 radical (unpaired) electrons. The average molecular weight is 297 g/mol. The van der Waals surface area contributed by atoms with E-state index in [1.807, 2.05) is 14.0 Å². The molecular weight excluding hydrogens is 279 g/mol. The lowest BCUT2D eigenvalue weighted by molar-refractivity contribution is 0.447. The number of aromatic nitrogens is 2. The highest BCUT2D eigenvalue weighted by Gasteiger charge is 2.22. The number of nitrogens with zero attached hydrogens (tertiary/aromatic N) is 2. The fourth-order valence-corrected chi connectivity index (χ4v) is 2.26. The van der Waals surface area contributed by atoms with Crippen molar-refractivity contribution in [3.05, 3.63) is 53.4 Å². The van der Waals surface area contributed by atoms with Gasteiger partial charge in [-0.25, -0.2) is 18.2 Å². The van der Waals surface area contributed by atoms with Crippen LogP contribution in [0, 0.1) is 17.5 Å². The molecule has 1 atom stereocenters. The van der Waals surface area contributed by atoms with Gasteiger partial charge < -0.3 is 9.88 Å². The highest BCUT2D eigenvalue weighted by Crippen LogP contribution is 2.25. The van der Waals surface area contributed by atoms with Gasteiger partial charge in [0.25, 0.3) is 0 Å². The van der Waals surface area contributed by atoms with Crippen LogP contribution in [0.15, 0.2) is 24.5 Å². The summed E-state index contributed by atoms with van der Waals surface area (Å²) in [5.41, 5.74) is -0.146. The minimum atomic E-state index is -0.917. The molecule has 1 unspecified atom stereocenters. The Morgan fingerprint density at radius 1 is 1.24 bits per heavy atom. The van der Waals surface area contributed by atoms with Crippen molar-refractivity contribution in [3.63, 3.8) is 0 Å². The van der Waals surface area contributed by atoms with E-state index in [2.05, 4.69) is 10.3 Å². The first kappa shape index (κ1) is 15.6. The Balaban J connectivity index is 2.34. The van der Waals surface area contributed by atoms with Gasteiger partial charge in [0.05, 0.1) is 0 Å². The fraction of sp³-hybridized carbons (Fsp3) is 0.400. The predicted octanol–water partition coefficient (Wildman–Crippen LogP) is 3.12. The molecule has 0 fully saturated rings. The number of nitrogens with one attached hydrogen (secondary N) is 1. The van der Waals surface area contributed by atoms with Crippen molar-refractivity contribution in [3.8, 4) is 0 Å². The summed E-state index contributed by atoms with van der Waals surface area (Å²) in [5.74, 6) is -1.97. The molecule has 0 aliphatic carbocycles. The van der Waals surface area contributed by atoms with E-state index in [9.17, 15) is 13.2 Å². The summed E-state index contributed by atoms with van der Waals surface area (Å²) in [6.07, 6.45) is 4.54. The highest BCUT2D eigenvalue weighted by atomic mass is 19.1. The Morgan fingerprint density at radius 2 is 1.90 bits per heavy atom. The standard InChI is InChI=1S/C15H18F3N3/c1-3-4-19-13(9-14-20-5-6-21(14)2)15-11(17)7-10(16)8-12(15)18/h5-8,13,19H,3-4,9H2,1-2H3. The van der Waals surface area contributed by atoms with E-state index in [-0.39, 0.29) is 5.56 Å². The van der Waals surface area contributed by atoms with E-state index < -0.39 is 23.5 Å². The Labute approximate surface area is 121 Å². The van der Waals surface area contributed by atoms with Crippen molar-refractivity contribution in [1.29, 1.82) is 0 Å². The van der Waals surface area contributed by atoms with Crippen LogP contribution < -0.4 is 5.32 Å². The zero-order valence-electron chi connectivity index (χ0n) is 12.0. The summed E-state index contributed by atoms with van der Waals surface area (Å²) in [6.45, 7) is 2.56.